The molecule has 0 saturated heterocycles. The maximum absolute atomic E-state index is 2.44. The van der Waals surface area contributed by atoms with Gasteiger partial charge in [0.05, 0.1) is 0 Å². The van der Waals surface area contributed by atoms with Crippen LogP contribution >= 0.6 is 0 Å². The van der Waals surface area contributed by atoms with Crippen LogP contribution in [0.25, 0.3) is 11.1 Å². The summed E-state index contributed by atoms with van der Waals surface area (Å²) in [6.45, 7) is 2.14. The average molecular weight is 429 g/mol. The van der Waals surface area contributed by atoms with Gasteiger partial charge in [-0.1, -0.05) is 139 Å². The van der Waals surface area contributed by atoms with Gasteiger partial charge in [-0.25, -0.2) is 0 Å². The molecule has 0 nitrogen and oxygen atoms in total. The van der Waals surface area contributed by atoms with Crippen LogP contribution in [0.15, 0.2) is 133 Å². The van der Waals surface area contributed by atoms with Crippen LogP contribution in [0.5, 0.6) is 0 Å². The normalized spacial score (nSPS) is 15.6. The third kappa shape index (κ3) is 3.70. The molecule has 5 rings (SSSR count). The van der Waals surface area contributed by atoms with Crippen molar-refractivity contribution < 1.29 is 0 Å². The van der Waals surface area contributed by atoms with E-state index in [0.29, 0.717) is 5.54 Å². The molecule has 0 bridgehead atoms. The molecule has 0 spiro atoms. The summed E-state index contributed by atoms with van der Waals surface area (Å²) in [6, 6.07) is 40.7. The number of hydrogen-bond donors (Lipinski definition) is 0. The zero-order chi connectivity index (χ0) is 21.8. The minimum atomic E-state index is -2.29. The molecule has 0 N–H and O–H groups in total. The molecule has 0 amide bonds. The summed E-state index contributed by atoms with van der Waals surface area (Å²) in [5, 5.41) is 4.41. The van der Waals surface area contributed by atoms with Crippen LogP contribution in [0.2, 0.25) is 5.54 Å². The highest BCUT2D eigenvalue weighted by Gasteiger charge is 2.32. The van der Waals surface area contributed by atoms with E-state index >= 15 is 0 Å². The predicted molar refractivity (Wildman–Crippen MR) is 141 cm³/mol. The largest absolute Gasteiger partial charge is 0.175 e. The van der Waals surface area contributed by atoms with E-state index in [1.807, 2.05) is 0 Å². The zero-order valence-electron chi connectivity index (χ0n) is 18.5. The molecule has 1 aliphatic rings. The summed E-state index contributed by atoms with van der Waals surface area (Å²) in [5.41, 5.74) is 4.32. The van der Waals surface area contributed by atoms with Gasteiger partial charge in [0.25, 0.3) is 0 Å². The smallest absolute Gasteiger partial charge is 0.0184 e. The Labute approximate surface area is 192 Å². The Morgan fingerprint density at radius 1 is 0.562 bits per heavy atom. The zero-order valence-corrected chi connectivity index (χ0v) is 19.5. The van der Waals surface area contributed by atoms with Crippen molar-refractivity contribution in [2.75, 3.05) is 0 Å². The standard InChI is InChI=1S/C31H28Si/c1-25-17-19-26(20-18-25)27-21-23-31(24-22-27)32(28-11-5-2-6-12-28,29-13-7-3-8-14-29)30-15-9-4-10-16-30/h2-15,17-24,30H,16H2,1H3/q-1. The second kappa shape index (κ2) is 8.98. The van der Waals surface area contributed by atoms with E-state index in [1.165, 1.54) is 32.3 Å². The lowest BCUT2D eigenvalue weighted by atomic mass is 10.0. The quantitative estimate of drug-likeness (QED) is 0.269. The fourth-order valence-corrected chi connectivity index (χ4v) is 10.4. The molecule has 32 heavy (non-hydrogen) atoms. The molecule has 4 aromatic carbocycles. The molecule has 1 heteroatoms. The lowest BCUT2D eigenvalue weighted by Gasteiger charge is -2.52. The highest BCUT2D eigenvalue weighted by Crippen LogP contribution is 2.31. The first-order valence-electron chi connectivity index (χ1n) is 11.4. The summed E-state index contributed by atoms with van der Waals surface area (Å²) < 4.78 is 0. The minimum absolute atomic E-state index is 0.475. The summed E-state index contributed by atoms with van der Waals surface area (Å²) in [4.78, 5) is 0. The van der Waals surface area contributed by atoms with Gasteiger partial charge >= 0.3 is 0 Å². The van der Waals surface area contributed by atoms with E-state index in [4.69, 9.17) is 0 Å². The fourth-order valence-electron chi connectivity index (χ4n) is 5.12. The van der Waals surface area contributed by atoms with Gasteiger partial charge < -0.3 is 0 Å². The molecular formula is C31H28Si-. The van der Waals surface area contributed by atoms with Crippen molar-refractivity contribution in [1.29, 1.82) is 0 Å². The van der Waals surface area contributed by atoms with Crippen molar-refractivity contribution >= 4 is 23.6 Å². The molecule has 157 valence electrons. The first kappa shape index (κ1) is 20.5. The highest BCUT2D eigenvalue weighted by atomic mass is 28.3. The van der Waals surface area contributed by atoms with Crippen molar-refractivity contribution in [2.45, 2.75) is 18.9 Å². The molecule has 1 aliphatic carbocycles. The molecule has 0 aromatic heterocycles. The Hall–Kier alpha value is -3.42. The van der Waals surface area contributed by atoms with Crippen molar-refractivity contribution in [1.82, 2.24) is 0 Å². The Morgan fingerprint density at radius 3 is 1.56 bits per heavy atom. The SMILES string of the molecule is Cc1ccc(-c2ccc([Si-](c3ccccc3)(c3ccccc3)C3C=CC=CC3)cc2)cc1. The van der Waals surface area contributed by atoms with Gasteiger partial charge in [0, 0.05) is 0 Å². The number of benzene rings is 4. The second-order valence-corrected chi connectivity index (χ2v) is 12.7. The molecule has 0 saturated carbocycles. The third-order valence-electron chi connectivity index (χ3n) is 6.72. The van der Waals surface area contributed by atoms with E-state index in [0.717, 1.165) is 6.42 Å². The number of aryl methyl sites for hydroxylation is 1. The van der Waals surface area contributed by atoms with Crippen LogP contribution in [-0.2, 0) is 0 Å². The Bertz CT molecular complexity index is 1180. The lowest BCUT2D eigenvalue weighted by molar-refractivity contribution is 0.997. The van der Waals surface area contributed by atoms with Crippen molar-refractivity contribution in [2.24, 2.45) is 0 Å². The molecule has 1 atom stereocenters. The summed E-state index contributed by atoms with van der Waals surface area (Å²) >= 11 is 0. The van der Waals surface area contributed by atoms with Gasteiger partial charge in [-0.05, 0) is 26.1 Å². The van der Waals surface area contributed by atoms with Crippen molar-refractivity contribution in [3.63, 3.8) is 0 Å². The van der Waals surface area contributed by atoms with Crippen LogP contribution in [0.1, 0.15) is 12.0 Å². The van der Waals surface area contributed by atoms with Gasteiger partial charge in [0.15, 0.2) is 0 Å². The number of rotatable bonds is 5. The Morgan fingerprint density at radius 2 is 1.06 bits per heavy atom. The highest BCUT2D eigenvalue weighted by molar-refractivity contribution is 7.12. The lowest BCUT2D eigenvalue weighted by Crippen LogP contribution is -2.69. The minimum Gasteiger partial charge on any atom is -0.175 e. The predicted octanol–water partition coefficient (Wildman–Crippen LogP) is 6.02. The van der Waals surface area contributed by atoms with Crippen LogP contribution in [0.4, 0.5) is 0 Å². The van der Waals surface area contributed by atoms with Crippen molar-refractivity contribution in [3.05, 3.63) is 139 Å². The van der Waals surface area contributed by atoms with Gasteiger partial charge in [0.1, 0.15) is 0 Å². The first-order valence-corrected chi connectivity index (χ1v) is 13.5. The number of hydrogen-bond acceptors (Lipinski definition) is 0. The van der Waals surface area contributed by atoms with Gasteiger partial charge in [-0.3, -0.25) is 0 Å². The summed E-state index contributed by atoms with van der Waals surface area (Å²) in [5.74, 6) is 0. The van der Waals surface area contributed by atoms with Gasteiger partial charge in [0.2, 0.25) is 0 Å². The van der Waals surface area contributed by atoms with Gasteiger partial charge in [-0.15, -0.1) is 11.6 Å². The molecular weight excluding hydrogens is 400 g/mol. The van der Waals surface area contributed by atoms with Crippen LogP contribution in [0, 0.1) is 6.92 Å². The Kier molecular flexibility index (Phi) is 5.75. The maximum Gasteiger partial charge on any atom is -0.0184 e. The summed E-state index contributed by atoms with van der Waals surface area (Å²) in [6.07, 6.45) is 10.3. The van der Waals surface area contributed by atoms with Crippen molar-refractivity contribution in [3.8, 4) is 11.1 Å². The monoisotopic (exact) mass is 428 g/mol. The maximum atomic E-state index is 2.44. The molecule has 4 aromatic rings. The molecule has 0 heterocycles. The van der Waals surface area contributed by atoms with Crippen LogP contribution < -0.4 is 15.6 Å². The van der Waals surface area contributed by atoms with Crippen LogP contribution in [0.3, 0.4) is 0 Å². The number of allylic oxidation sites excluding steroid dienone is 4. The van der Waals surface area contributed by atoms with E-state index in [1.54, 1.807) is 0 Å². The molecule has 1 unspecified atom stereocenters. The van der Waals surface area contributed by atoms with Gasteiger partial charge in [-0.2, -0.15) is 15.6 Å². The van der Waals surface area contributed by atoms with E-state index in [-0.39, 0.29) is 0 Å². The second-order valence-electron chi connectivity index (χ2n) is 8.64. The topological polar surface area (TPSA) is 0 Å². The van der Waals surface area contributed by atoms with E-state index in [2.05, 4.69) is 140 Å². The molecule has 0 radical (unpaired) electrons. The molecule has 0 aliphatic heterocycles. The fraction of sp³-hybridized carbons (Fsp3) is 0.0968. The van der Waals surface area contributed by atoms with Crippen LogP contribution in [-0.4, -0.2) is 8.07 Å². The Balaban J connectivity index is 1.71. The molecule has 0 fully saturated rings. The first-order chi connectivity index (χ1) is 15.8. The van der Waals surface area contributed by atoms with E-state index < -0.39 is 8.07 Å². The summed E-state index contributed by atoms with van der Waals surface area (Å²) in [7, 11) is -2.29. The third-order valence-corrected chi connectivity index (χ3v) is 12.0. The van der Waals surface area contributed by atoms with E-state index in [9.17, 15) is 0 Å². The average Bonchev–Trinajstić information content (AvgIpc) is 2.88.